The van der Waals surface area contributed by atoms with E-state index < -0.39 is 0 Å². The van der Waals surface area contributed by atoms with Crippen LogP contribution in [0, 0.1) is 0 Å². The molecule has 0 saturated heterocycles. The van der Waals surface area contributed by atoms with E-state index in [-0.39, 0.29) is 5.97 Å². The number of anilines is 1. The van der Waals surface area contributed by atoms with E-state index in [9.17, 15) is 4.79 Å². The summed E-state index contributed by atoms with van der Waals surface area (Å²) in [6.07, 6.45) is 2.08. The molecule has 0 bridgehead atoms. The second-order valence-corrected chi connectivity index (χ2v) is 7.65. The molecule has 3 heterocycles. The number of carbonyl (C=O) groups is 1. The van der Waals surface area contributed by atoms with E-state index in [1.54, 1.807) is 0 Å². The van der Waals surface area contributed by atoms with Crippen LogP contribution in [0.25, 0.3) is 27.5 Å². The molecule has 28 heavy (non-hydrogen) atoms. The Labute approximate surface area is 167 Å². The van der Waals surface area contributed by atoms with E-state index in [2.05, 4.69) is 33.7 Å². The maximum atomic E-state index is 12.1. The van der Waals surface area contributed by atoms with Crippen molar-refractivity contribution >= 4 is 28.6 Å². The number of pyridine rings is 1. The highest BCUT2D eigenvalue weighted by molar-refractivity contribution is 7.17. The third kappa shape index (κ3) is 3.27. The van der Waals surface area contributed by atoms with Gasteiger partial charge in [0, 0.05) is 25.9 Å². The molecular weight excluding hydrogens is 370 g/mol. The molecule has 3 aromatic heterocycles. The van der Waals surface area contributed by atoms with Crippen LogP contribution in [-0.2, 0) is 4.74 Å². The lowest BCUT2D eigenvalue weighted by Crippen LogP contribution is -2.09. The first kappa shape index (κ1) is 18.3. The second-order valence-electron chi connectivity index (χ2n) is 6.57. The number of hydrogen-bond acceptors (Lipinski definition) is 5. The molecule has 0 fully saturated rings. The minimum Gasteiger partial charge on any atom is -0.462 e. The summed E-state index contributed by atoms with van der Waals surface area (Å²) in [5, 5.41) is 0. The second kappa shape index (κ2) is 7.48. The molecule has 6 heteroatoms. The predicted molar refractivity (Wildman–Crippen MR) is 114 cm³/mol. The molecule has 1 aromatic carbocycles. The normalized spacial score (nSPS) is 11.0. The van der Waals surface area contributed by atoms with Gasteiger partial charge in [0.05, 0.1) is 28.6 Å². The number of imidazole rings is 1. The molecular formula is C22H21N3O2S. The maximum absolute atomic E-state index is 12.1. The van der Waals surface area contributed by atoms with Gasteiger partial charge in [-0.25, -0.2) is 9.78 Å². The van der Waals surface area contributed by atoms with Crippen molar-refractivity contribution in [3.05, 3.63) is 65.7 Å². The summed E-state index contributed by atoms with van der Waals surface area (Å²) in [6.45, 7) is 2.18. The largest absolute Gasteiger partial charge is 0.462 e. The zero-order valence-electron chi connectivity index (χ0n) is 16.0. The Morgan fingerprint density at radius 1 is 1.11 bits per heavy atom. The zero-order chi connectivity index (χ0) is 19.7. The van der Waals surface area contributed by atoms with Gasteiger partial charge >= 0.3 is 5.97 Å². The molecule has 0 radical (unpaired) electrons. The smallest absolute Gasteiger partial charge is 0.348 e. The van der Waals surface area contributed by atoms with Gasteiger partial charge in [0.15, 0.2) is 0 Å². The highest BCUT2D eigenvalue weighted by atomic mass is 32.1. The first-order valence-electron chi connectivity index (χ1n) is 9.10. The quantitative estimate of drug-likeness (QED) is 0.451. The highest BCUT2D eigenvalue weighted by Gasteiger charge is 2.20. The predicted octanol–water partition coefficient (Wildman–Crippen LogP) is 4.97. The molecule has 0 aliphatic heterocycles. The summed E-state index contributed by atoms with van der Waals surface area (Å²) < 4.78 is 7.25. The van der Waals surface area contributed by atoms with E-state index in [0.29, 0.717) is 11.5 Å². The minimum atomic E-state index is -0.289. The van der Waals surface area contributed by atoms with Crippen LogP contribution in [0.15, 0.2) is 60.8 Å². The Hall–Kier alpha value is -3.12. The van der Waals surface area contributed by atoms with Crippen LogP contribution in [0.4, 0.5) is 5.69 Å². The van der Waals surface area contributed by atoms with Crippen molar-refractivity contribution < 1.29 is 9.53 Å². The third-order valence-electron chi connectivity index (χ3n) is 4.48. The molecule has 5 nitrogen and oxygen atoms in total. The summed E-state index contributed by atoms with van der Waals surface area (Å²) >= 11 is 1.43. The van der Waals surface area contributed by atoms with E-state index in [4.69, 9.17) is 9.72 Å². The molecule has 0 aliphatic rings. The average Bonchev–Trinajstić information content (AvgIpc) is 3.32. The number of thiophene rings is 1. The summed E-state index contributed by atoms with van der Waals surface area (Å²) in [6, 6.07) is 18.0. The first-order valence-corrected chi connectivity index (χ1v) is 9.92. The minimum absolute atomic E-state index is 0.289. The summed E-state index contributed by atoms with van der Waals surface area (Å²) in [4.78, 5) is 20.7. The van der Waals surface area contributed by atoms with Gasteiger partial charge in [-0.05, 0) is 31.2 Å². The molecule has 0 saturated carbocycles. The number of carbonyl (C=O) groups excluding carboxylic acids is 1. The Bertz CT molecular complexity index is 1130. The van der Waals surface area contributed by atoms with Gasteiger partial charge in [-0.15, -0.1) is 11.3 Å². The van der Waals surface area contributed by atoms with Gasteiger partial charge < -0.3 is 9.64 Å². The third-order valence-corrected chi connectivity index (χ3v) is 5.55. The van der Waals surface area contributed by atoms with Crippen molar-refractivity contribution in [3.63, 3.8) is 0 Å². The lowest BCUT2D eigenvalue weighted by Gasteiger charge is -2.13. The molecule has 142 valence electrons. The van der Waals surface area contributed by atoms with Crippen molar-refractivity contribution in [2.75, 3.05) is 25.6 Å². The van der Waals surface area contributed by atoms with Crippen molar-refractivity contribution in [1.82, 2.24) is 9.38 Å². The van der Waals surface area contributed by atoms with Gasteiger partial charge in [0.25, 0.3) is 0 Å². The summed E-state index contributed by atoms with van der Waals surface area (Å²) in [5.41, 5.74) is 4.86. The van der Waals surface area contributed by atoms with Crippen molar-refractivity contribution in [1.29, 1.82) is 0 Å². The van der Waals surface area contributed by atoms with Gasteiger partial charge in [0.2, 0.25) is 0 Å². The fraction of sp³-hybridized carbons (Fsp3) is 0.182. The Balaban J connectivity index is 1.94. The fourth-order valence-electron chi connectivity index (χ4n) is 3.11. The number of ether oxygens (including phenoxy) is 1. The zero-order valence-corrected chi connectivity index (χ0v) is 16.9. The van der Waals surface area contributed by atoms with Gasteiger partial charge in [0.1, 0.15) is 10.5 Å². The molecule has 0 unspecified atom stereocenters. The number of nitrogens with zero attached hydrogens (tertiary/aromatic N) is 3. The van der Waals surface area contributed by atoms with Crippen LogP contribution in [0.5, 0.6) is 0 Å². The van der Waals surface area contributed by atoms with Crippen LogP contribution in [-0.4, -0.2) is 36.1 Å². The number of fused-ring (bicyclic) bond motifs is 1. The standard InChI is InChI=1S/C22H21N3O2S/c1-4-27-22(26)18-12-11-17(28-18)21-20(15-8-6-5-7-9-15)23-19-13-10-16(24(2)3)14-25(19)21/h5-14H,4H2,1-3H3. The topological polar surface area (TPSA) is 46.8 Å². The Kier molecular flexibility index (Phi) is 4.88. The summed E-state index contributed by atoms with van der Waals surface area (Å²) in [5.74, 6) is -0.289. The molecule has 0 spiro atoms. The van der Waals surface area contributed by atoms with E-state index in [1.165, 1.54) is 11.3 Å². The van der Waals surface area contributed by atoms with Gasteiger partial charge in [-0.1, -0.05) is 30.3 Å². The van der Waals surface area contributed by atoms with Crippen molar-refractivity contribution in [2.24, 2.45) is 0 Å². The number of hydrogen-bond donors (Lipinski definition) is 0. The van der Waals surface area contributed by atoms with Crippen molar-refractivity contribution in [3.8, 4) is 21.8 Å². The number of rotatable bonds is 5. The molecule has 4 rings (SSSR count). The average molecular weight is 391 g/mol. The van der Waals surface area contributed by atoms with E-state index in [0.717, 1.165) is 33.2 Å². The van der Waals surface area contributed by atoms with Crippen LogP contribution in [0.2, 0.25) is 0 Å². The molecule has 0 N–H and O–H groups in total. The fourth-order valence-corrected chi connectivity index (χ4v) is 4.05. The summed E-state index contributed by atoms with van der Waals surface area (Å²) in [7, 11) is 4.03. The molecule has 0 atom stereocenters. The van der Waals surface area contributed by atoms with Gasteiger partial charge in [-0.2, -0.15) is 0 Å². The van der Waals surface area contributed by atoms with Crippen LogP contribution in [0.1, 0.15) is 16.6 Å². The van der Waals surface area contributed by atoms with Crippen LogP contribution >= 0.6 is 11.3 Å². The molecule has 0 amide bonds. The lowest BCUT2D eigenvalue weighted by molar-refractivity contribution is 0.0532. The molecule has 0 aliphatic carbocycles. The highest BCUT2D eigenvalue weighted by Crippen LogP contribution is 2.37. The SMILES string of the molecule is CCOC(=O)c1ccc(-c2c(-c3ccccc3)nc3ccc(N(C)C)cn23)s1. The van der Waals surface area contributed by atoms with Crippen LogP contribution in [0.3, 0.4) is 0 Å². The van der Waals surface area contributed by atoms with Crippen molar-refractivity contribution in [2.45, 2.75) is 6.92 Å². The van der Waals surface area contributed by atoms with Gasteiger partial charge in [-0.3, -0.25) is 4.40 Å². The van der Waals surface area contributed by atoms with Crippen LogP contribution < -0.4 is 4.90 Å². The number of benzene rings is 1. The Morgan fingerprint density at radius 3 is 2.61 bits per heavy atom. The lowest BCUT2D eigenvalue weighted by atomic mass is 10.1. The van der Waals surface area contributed by atoms with E-state index >= 15 is 0 Å². The number of aromatic nitrogens is 2. The molecule has 4 aromatic rings. The monoisotopic (exact) mass is 391 g/mol. The maximum Gasteiger partial charge on any atom is 0.348 e. The van der Waals surface area contributed by atoms with E-state index in [1.807, 2.05) is 57.4 Å². The first-order chi connectivity index (χ1) is 13.6. The Morgan fingerprint density at radius 2 is 1.89 bits per heavy atom. The number of esters is 1.